The molecule has 2 rings (SSSR count). The van der Waals surface area contributed by atoms with E-state index in [2.05, 4.69) is 17.2 Å². The van der Waals surface area contributed by atoms with Gasteiger partial charge in [-0.1, -0.05) is 6.92 Å². The molecule has 3 nitrogen and oxygen atoms in total. The standard InChI is InChI=1S/C13H21N3/c1-2-6-16-11-4-3-10(8-11)12-9-15-7-5-13(12)14/h5,7,9-11,16H,2-4,6,8H2,1H3,(H2,14,15). The van der Waals surface area contributed by atoms with Crippen molar-refractivity contribution in [2.45, 2.75) is 44.6 Å². The first kappa shape index (κ1) is 11.4. The van der Waals surface area contributed by atoms with Gasteiger partial charge < -0.3 is 11.1 Å². The first-order valence-electron chi connectivity index (χ1n) is 6.24. The molecule has 1 aliphatic rings. The molecule has 16 heavy (non-hydrogen) atoms. The van der Waals surface area contributed by atoms with Gasteiger partial charge in [-0.25, -0.2) is 0 Å². The summed E-state index contributed by atoms with van der Waals surface area (Å²) in [4.78, 5) is 4.18. The van der Waals surface area contributed by atoms with Gasteiger partial charge in [0.2, 0.25) is 0 Å². The molecule has 3 N–H and O–H groups in total. The fourth-order valence-electron chi connectivity index (χ4n) is 2.56. The number of rotatable bonds is 4. The third kappa shape index (κ3) is 2.53. The van der Waals surface area contributed by atoms with E-state index < -0.39 is 0 Å². The Bertz CT molecular complexity index is 338. The van der Waals surface area contributed by atoms with Gasteiger partial charge in [-0.05, 0) is 49.8 Å². The van der Waals surface area contributed by atoms with Crippen molar-refractivity contribution in [2.24, 2.45) is 0 Å². The van der Waals surface area contributed by atoms with Crippen molar-refractivity contribution in [3.05, 3.63) is 24.0 Å². The van der Waals surface area contributed by atoms with Crippen molar-refractivity contribution >= 4 is 5.69 Å². The summed E-state index contributed by atoms with van der Waals surface area (Å²) in [6.45, 7) is 3.33. The van der Waals surface area contributed by atoms with Crippen molar-refractivity contribution in [3.8, 4) is 0 Å². The van der Waals surface area contributed by atoms with Gasteiger partial charge in [0.15, 0.2) is 0 Å². The second-order valence-corrected chi connectivity index (χ2v) is 4.67. The highest BCUT2D eigenvalue weighted by atomic mass is 14.9. The normalized spacial score (nSPS) is 24.8. The van der Waals surface area contributed by atoms with Crippen LogP contribution < -0.4 is 11.1 Å². The molecule has 88 valence electrons. The lowest BCUT2D eigenvalue weighted by atomic mass is 9.98. The van der Waals surface area contributed by atoms with Crippen LogP contribution >= 0.6 is 0 Å². The summed E-state index contributed by atoms with van der Waals surface area (Å²) in [5.41, 5.74) is 8.12. The van der Waals surface area contributed by atoms with Gasteiger partial charge in [0.25, 0.3) is 0 Å². The molecule has 1 fully saturated rings. The average molecular weight is 219 g/mol. The van der Waals surface area contributed by atoms with Gasteiger partial charge >= 0.3 is 0 Å². The van der Waals surface area contributed by atoms with Gasteiger partial charge in [0, 0.05) is 24.1 Å². The van der Waals surface area contributed by atoms with Crippen molar-refractivity contribution in [2.75, 3.05) is 12.3 Å². The topological polar surface area (TPSA) is 50.9 Å². The van der Waals surface area contributed by atoms with Crippen molar-refractivity contribution in [1.82, 2.24) is 10.3 Å². The largest absolute Gasteiger partial charge is 0.398 e. The fourth-order valence-corrected chi connectivity index (χ4v) is 2.56. The number of hydrogen-bond donors (Lipinski definition) is 2. The Hall–Kier alpha value is -1.09. The molecule has 0 amide bonds. The molecule has 2 unspecified atom stereocenters. The van der Waals surface area contributed by atoms with E-state index in [1.807, 2.05) is 12.3 Å². The lowest BCUT2D eigenvalue weighted by Crippen LogP contribution is -2.26. The van der Waals surface area contributed by atoms with E-state index in [0.29, 0.717) is 12.0 Å². The van der Waals surface area contributed by atoms with Gasteiger partial charge in [0.05, 0.1) is 0 Å². The van der Waals surface area contributed by atoms with Gasteiger partial charge in [0.1, 0.15) is 0 Å². The highest BCUT2D eigenvalue weighted by Gasteiger charge is 2.26. The average Bonchev–Trinajstić information content (AvgIpc) is 2.75. The lowest BCUT2D eigenvalue weighted by molar-refractivity contribution is 0.517. The van der Waals surface area contributed by atoms with Gasteiger partial charge in [-0.15, -0.1) is 0 Å². The van der Waals surface area contributed by atoms with Crippen LogP contribution in [-0.2, 0) is 0 Å². The number of anilines is 1. The van der Waals surface area contributed by atoms with Crippen molar-refractivity contribution in [1.29, 1.82) is 0 Å². The monoisotopic (exact) mass is 219 g/mol. The molecule has 1 aromatic rings. The van der Waals surface area contributed by atoms with E-state index >= 15 is 0 Å². The molecule has 1 aliphatic carbocycles. The van der Waals surface area contributed by atoms with Crippen LogP contribution in [0.5, 0.6) is 0 Å². The molecule has 2 atom stereocenters. The summed E-state index contributed by atoms with van der Waals surface area (Å²) < 4.78 is 0. The van der Waals surface area contributed by atoms with Crippen LogP contribution in [0.1, 0.15) is 44.1 Å². The van der Waals surface area contributed by atoms with Crippen molar-refractivity contribution < 1.29 is 0 Å². The Morgan fingerprint density at radius 1 is 1.50 bits per heavy atom. The predicted octanol–water partition coefficient (Wildman–Crippen LogP) is 2.30. The minimum Gasteiger partial charge on any atom is -0.398 e. The maximum absolute atomic E-state index is 5.99. The van der Waals surface area contributed by atoms with E-state index in [0.717, 1.165) is 12.2 Å². The highest BCUT2D eigenvalue weighted by Crippen LogP contribution is 2.36. The molecule has 0 aromatic carbocycles. The zero-order valence-corrected chi connectivity index (χ0v) is 9.95. The summed E-state index contributed by atoms with van der Waals surface area (Å²) in [6.07, 6.45) is 8.60. The first-order valence-corrected chi connectivity index (χ1v) is 6.24. The number of hydrogen-bond acceptors (Lipinski definition) is 3. The third-order valence-corrected chi connectivity index (χ3v) is 3.44. The molecule has 0 spiro atoms. The van der Waals surface area contributed by atoms with Crippen LogP contribution in [0.15, 0.2) is 18.5 Å². The van der Waals surface area contributed by atoms with E-state index in [4.69, 9.17) is 5.73 Å². The lowest BCUT2D eigenvalue weighted by Gasteiger charge is -2.14. The molecule has 1 saturated carbocycles. The zero-order chi connectivity index (χ0) is 11.4. The summed E-state index contributed by atoms with van der Waals surface area (Å²) in [5, 5.41) is 3.59. The van der Waals surface area contributed by atoms with Crippen molar-refractivity contribution in [3.63, 3.8) is 0 Å². The molecule has 3 heteroatoms. The number of nitrogen functional groups attached to an aromatic ring is 1. The Kier molecular flexibility index (Phi) is 3.78. The number of nitrogens with one attached hydrogen (secondary N) is 1. The van der Waals surface area contributed by atoms with Gasteiger partial charge in [-0.3, -0.25) is 4.98 Å². The molecule has 1 aromatic heterocycles. The first-order chi connectivity index (χ1) is 7.81. The Morgan fingerprint density at radius 3 is 3.12 bits per heavy atom. The van der Waals surface area contributed by atoms with Crippen LogP contribution in [0, 0.1) is 0 Å². The van der Waals surface area contributed by atoms with E-state index in [1.165, 1.54) is 31.2 Å². The van der Waals surface area contributed by atoms with Crippen LogP contribution in [-0.4, -0.2) is 17.6 Å². The molecule has 1 heterocycles. The number of pyridine rings is 1. The maximum atomic E-state index is 5.99. The van der Waals surface area contributed by atoms with Gasteiger partial charge in [-0.2, -0.15) is 0 Å². The molecule has 0 saturated heterocycles. The van der Waals surface area contributed by atoms with Crippen LogP contribution in [0.25, 0.3) is 0 Å². The second kappa shape index (κ2) is 5.30. The van der Waals surface area contributed by atoms with E-state index in [-0.39, 0.29) is 0 Å². The molecular formula is C13H21N3. The molecular weight excluding hydrogens is 198 g/mol. The molecule has 0 radical (unpaired) electrons. The smallest absolute Gasteiger partial charge is 0.0380 e. The number of nitrogens with zero attached hydrogens (tertiary/aromatic N) is 1. The maximum Gasteiger partial charge on any atom is 0.0380 e. The van der Waals surface area contributed by atoms with E-state index in [1.54, 1.807) is 6.20 Å². The molecule has 0 aliphatic heterocycles. The fraction of sp³-hybridized carbons (Fsp3) is 0.615. The number of aromatic nitrogens is 1. The summed E-state index contributed by atoms with van der Waals surface area (Å²) in [5.74, 6) is 0.600. The summed E-state index contributed by atoms with van der Waals surface area (Å²) in [7, 11) is 0. The van der Waals surface area contributed by atoms with Crippen LogP contribution in [0.3, 0.4) is 0 Å². The Morgan fingerprint density at radius 2 is 2.38 bits per heavy atom. The highest BCUT2D eigenvalue weighted by molar-refractivity contribution is 5.46. The Labute approximate surface area is 97.5 Å². The SMILES string of the molecule is CCCNC1CCC(c2cnccc2N)C1. The van der Waals surface area contributed by atoms with Crippen LogP contribution in [0.4, 0.5) is 5.69 Å². The number of nitrogens with two attached hydrogens (primary N) is 1. The van der Waals surface area contributed by atoms with Crippen LogP contribution in [0.2, 0.25) is 0 Å². The zero-order valence-electron chi connectivity index (χ0n) is 9.95. The minimum atomic E-state index is 0.600. The van der Waals surface area contributed by atoms with E-state index in [9.17, 15) is 0 Å². The molecule has 0 bridgehead atoms. The third-order valence-electron chi connectivity index (χ3n) is 3.44. The predicted molar refractivity (Wildman–Crippen MR) is 67.3 cm³/mol. The summed E-state index contributed by atoms with van der Waals surface area (Å²) in [6, 6.07) is 2.58. The Balaban J connectivity index is 1.96. The minimum absolute atomic E-state index is 0.600. The quantitative estimate of drug-likeness (QED) is 0.817. The second-order valence-electron chi connectivity index (χ2n) is 4.67. The summed E-state index contributed by atoms with van der Waals surface area (Å²) >= 11 is 0.